The second-order valence-electron chi connectivity index (χ2n) is 5.62. The zero-order valence-corrected chi connectivity index (χ0v) is 14.6. The van der Waals surface area contributed by atoms with E-state index in [1.54, 1.807) is 7.11 Å². The maximum absolute atomic E-state index is 11.4. The van der Waals surface area contributed by atoms with Gasteiger partial charge in [-0.15, -0.1) is 0 Å². The van der Waals surface area contributed by atoms with E-state index in [2.05, 4.69) is 6.55 Å². The van der Waals surface area contributed by atoms with Crippen molar-refractivity contribution in [3.63, 3.8) is 0 Å². The fourth-order valence-electron chi connectivity index (χ4n) is 3.15. The molecule has 0 radical (unpaired) electrons. The summed E-state index contributed by atoms with van der Waals surface area (Å²) < 4.78 is 17.4. The Morgan fingerprint density at radius 3 is 2.70 bits per heavy atom. The van der Waals surface area contributed by atoms with Gasteiger partial charge in [-0.05, 0) is 41.5 Å². The smallest absolute Gasteiger partial charge is 0.254 e. The monoisotopic (exact) mass is 328 g/mol. The van der Waals surface area contributed by atoms with Crippen LogP contribution in [0.15, 0.2) is 36.4 Å². The molecule has 0 aliphatic carbocycles. The van der Waals surface area contributed by atoms with Crippen molar-refractivity contribution in [1.82, 2.24) is 0 Å². The van der Waals surface area contributed by atoms with Crippen molar-refractivity contribution >= 4 is 25.0 Å². The van der Waals surface area contributed by atoms with Gasteiger partial charge >= 0.3 is 0 Å². The number of carbonyl (C=O) groups is 1. The molecule has 0 saturated carbocycles. The molecule has 0 saturated heterocycles. The van der Waals surface area contributed by atoms with Crippen molar-refractivity contribution in [2.75, 3.05) is 13.7 Å². The zero-order chi connectivity index (χ0) is 16.4. The minimum atomic E-state index is -2.41. The summed E-state index contributed by atoms with van der Waals surface area (Å²) in [7, 11) is -0.774. The van der Waals surface area contributed by atoms with Crippen molar-refractivity contribution in [3.8, 4) is 11.5 Å². The van der Waals surface area contributed by atoms with Crippen LogP contribution in [-0.4, -0.2) is 28.3 Å². The molecule has 2 aromatic carbocycles. The maximum atomic E-state index is 11.4. The van der Waals surface area contributed by atoms with E-state index in [0.717, 1.165) is 33.7 Å². The molecule has 0 amide bonds. The second-order valence-corrected chi connectivity index (χ2v) is 9.05. The molecule has 2 aromatic rings. The van der Waals surface area contributed by atoms with Crippen molar-refractivity contribution in [3.05, 3.63) is 47.5 Å². The molecule has 1 aliphatic heterocycles. The predicted octanol–water partition coefficient (Wildman–Crippen LogP) is 2.13. The third-order valence-electron chi connectivity index (χ3n) is 4.32. The Balaban J connectivity index is 2.16. The summed E-state index contributed by atoms with van der Waals surface area (Å²) in [6, 6.07) is 11.7. The Labute approximate surface area is 137 Å². The number of rotatable bonds is 5. The van der Waals surface area contributed by atoms with Gasteiger partial charge in [-0.25, -0.2) is 0 Å². The van der Waals surface area contributed by atoms with Gasteiger partial charge < -0.3 is 13.9 Å². The van der Waals surface area contributed by atoms with Crippen molar-refractivity contribution in [1.29, 1.82) is 0 Å². The first kappa shape index (κ1) is 15.8. The van der Waals surface area contributed by atoms with Crippen LogP contribution in [0.2, 0.25) is 6.55 Å². The van der Waals surface area contributed by atoms with Crippen LogP contribution in [0.25, 0.3) is 0 Å². The van der Waals surface area contributed by atoms with Gasteiger partial charge in [0, 0.05) is 5.56 Å². The molecule has 0 bridgehead atoms. The molecule has 3 rings (SSSR count). The third kappa shape index (κ3) is 2.56. The summed E-state index contributed by atoms with van der Waals surface area (Å²) in [5.41, 5.74) is 1.81. The minimum Gasteiger partial charge on any atom is -0.493 e. The van der Waals surface area contributed by atoms with Crippen LogP contribution in [0, 0.1) is 0 Å². The number of hydrogen-bond acceptors (Lipinski definition) is 4. The summed E-state index contributed by atoms with van der Waals surface area (Å²) in [5.74, 6) is 1.44. The van der Waals surface area contributed by atoms with Gasteiger partial charge in [0.1, 0.15) is 6.29 Å². The lowest BCUT2D eigenvalue weighted by Gasteiger charge is -2.24. The first-order valence-corrected chi connectivity index (χ1v) is 10.1. The quantitative estimate of drug-likeness (QED) is 0.623. The highest BCUT2D eigenvalue weighted by Gasteiger charge is 2.43. The SMILES string of the molecule is CCOc1cc2c(cc1OC)CO[Si]2(C)c1ccccc1C=O. The standard InChI is InChI=1S/C18H20O4Si/c1-4-21-16-10-18-14(9-15(16)20-2)12-22-23(18,3)17-8-6-5-7-13(17)11-19/h5-11H,4,12H2,1-3H3. The number of ether oxygens (including phenoxy) is 2. The molecule has 0 N–H and O–H groups in total. The number of hydrogen-bond donors (Lipinski definition) is 0. The summed E-state index contributed by atoms with van der Waals surface area (Å²) >= 11 is 0. The van der Waals surface area contributed by atoms with Gasteiger partial charge in [0.2, 0.25) is 0 Å². The van der Waals surface area contributed by atoms with Gasteiger partial charge in [0.05, 0.1) is 20.3 Å². The molecule has 120 valence electrons. The molecule has 23 heavy (non-hydrogen) atoms. The van der Waals surface area contributed by atoms with Crippen LogP contribution >= 0.6 is 0 Å². The Hall–Kier alpha value is -2.11. The van der Waals surface area contributed by atoms with Crippen LogP contribution in [-0.2, 0) is 11.0 Å². The van der Waals surface area contributed by atoms with E-state index in [0.29, 0.717) is 18.8 Å². The average molecular weight is 328 g/mol. The van der Waals surface area contributed by atoms with Crippen LogP contribution in [0.5, 0.6) is 11.5 Å². The van der Waals surface area contributed by atoms with Gasteiger partial charge in [0.25, 0.3) is 8.32 Å². The van der Waals surface area contributed by atoms with Crippen LogP contribution in [0.3, 0.4) is 0 Å². The molecule has 1 heterocycles. The van der Waals surface area contributed by atoms with Crippen molar-refractivity contribution in [2.45, 2.75) is 20.1 Å². The highest BCUT2D eigenvalue weighted by Crippen LogP contribution is 2.32. The summed E-state index contributed by atoms with van der Waals surface area (Å²) in [6.07, 6.45) is 0.905. The van der Waals surface area contributed by atoms with Crippen molar-refractivity contribution < 1.29 is 18.7 Å². The van der Waals surface area contributed by atoms with Crippen LogP contribution < -0.4 is 19.8 Å². The van der Waals surface area contributed by atoms with Gasteiger partial charge in [-0.1, -0.05) is 24.3 Å². The lowest BCUT2D eigenvalue weighted by atomic mass is 10.2. The van der Waals surface area contributed by atoms with E-state index in [9.17, 15) is 4.79 Å². The van der Waals surface area contributed by atoms with E-state index in [-0.39, 0.29) is 0 Å². The molecule has 0 spiro atoms. The molecule has 1 aliphatic rings. The fraction of sp³-hybridized carbons (Fsp3) is 0.278. The molecule has 4 nitrogen and oxygen atoms in total. The molecule has 0 fully saturated rings. The number of benzene rings is 2. The fourth-order valence-corrected chi connectivity index (χ4v) is 6.47. The van der Waals surface area contributed by atoms with Gasteiger partial charge in [0.15, 0.2) is 11.5 Å². The van der Waals surface area contributed by atoms with Crippen molar-refractivity contribution in [2.24, 2.45) is 0 Å². The Kier molecular flexibility index (Phi) is 4.24. The topological polar surface area (TPSA) is 44.8 Å². The van der Waals surface area contributed by atoms with Crippen LogP contribution in [0.1, 0.15) is 22.8 Å². The number of carbonyl (C=O) groups excluding carboxylic acids is 1. The Morgan fingerprint density at radius 2 is 2.00 bits per heavy atom. The first-order valence-electron chi connectivity index (χ1n) is 7.67. The third-order valence-corrected chi connectivity index (χ3v) is 8.02. The summed E-state index contributed by atoms with van der Waals surface area (Å²) in [4.78, 5) is 11.4. The molecule has 5 heteroatoms. The normalized spacial score (nSPS) is 19.3. The van der Waals surface area contributed by atoms with E-state index >= 15 is 0 Å². The average Bonchev–Trinajstić information content (AvgIpc) is 2.92. The minimum absolute atomic E-state index is 0.536. The maximum Gasteiger partial charge on any atom is 0.254 e. The number of aldehydes is 1. The lowest BCUT2D eigenvalue weighted by Crippen LogP contribution is -2.56. The molecule has 0 aromatic heterocycles. The van der Waals surface area contributed by atoms with Gasteiger partial charge in [-0.3, -0.25) is 4.79 Å². The molecular weight excluding hydrogens is 308 g/mol. The van der Waals surface area contributed by atoms with Crippen LogP contribution in [0.4, 0.5) is 0 Å². The number of methoxy groups -OCH3 is 1. The predicted molar refractivity (Wildman–Crippen MR) is 91.7 cm³/mol. The lowest BCUT2D eigenvalue weighted by molar-refractivity contribution is 0.112. The second kappa shape index (κ2) is 6.18. The Morgan fingerprint density at radius 1 is 1.22 bits per heavy atom. The van der Waals surface area contributed by atoms with E-state index in [4.69, 9.17) is 13.9 Å². The summed E-state index contributed by atoms with van der Waals surface area (Å²) in [6.45, 7) is 5.18. The Bertz CT molecular complexity index is 744. The number of fused-ring (bicyclic) bond motifs is 1. The largest absolute Gasteiger partial charge is 0.493 e. The highest BCUT2D eigenvalue weighted by atomic mass is 28.4. The summed E-state index contributed by atoms with van der Waals surface area (Å²) in [5, 5.41) is 2.15. The first-order chi connectivity index (χ1) is 11.1. The van der Waals surface area contributed by atoms with E-state index in [1.165, 1.54) is 0 Å². The molecule has 1 atom stereocenters. The zero-order valence-electron chi connectivity index (χ0n) is 13.6. The highest BCUT2D eigenvalue weighted by molar-refractivity contribution is 6.98. The van der Waals surface area contributed by atoms with E-state index < -0.39 is 8.32 Å². The van der Waals surface area contributed by atoms with E-state index in [1.807, 2.05) is 43.3 Å². The molecular formula is C18H20O4Si. The molecule has 1 unspecified atom stereocenters. The van der Waals surface area contributed by atoms with Gasteiger partial charge in [-0.2, -0.15) is 0 Å².